The van der Waals surface area contributed by atoms with Crippen LogP contribution < -0.4 is 15.4 Å². The Morgan fingerprint density at radius 3 is 2.65 bits per heavy atom. The Labute approximate surface area is 116 Å². The summed E-state index contributed by atoms with van der Waals surface area (Å²) >= 11 is 0. The summed E-state index contributed by atoms with van der Waals surface area (Å²) in [7, 11) is 1.45. The maximum Gasteiger partial charge on any atom is 0.319 e. The number of urea groups is 1. The predicted molar refractivity (Wildman–Crippen MR) is 72.4 cm³/mol. The van der Waals surface area contributed by atoms with E-state index in [0.717, 1.165) is 0 Å². The fraction of sp³-hybridized carbons (Fsp3) is 0.286. The average molecular weight is 276 g/mol. The van der Waals surface area contributed by atoms with E-state index < -0.39 is 6.04 Å². The van der Waals surface area contributed by atoms with Gasteiger partial charge in [-0.25, -0.2) is 4.79 Å². The fourth-order valence-electron chi connectivity index (χ4n) is 2.30. The monoisotopic (exact) mass is 276 g/mol. The average Bonchev–Trinajstić information content (AvgIpc) is 2.37. The van der Waals surface area contributed by atoms with Crippen molar-refractivity contribution in [2.75, 3.05) is 7.11 Å². The smallest absolute Gasteiger partial charge is 0.319 e. The van der Waals surface area contributed by atoms with Gasteiger partial charge in [0.2, 0.25) is 0 Å². The fourth-order valence-corrected chi connectivity index (χ4v) is 2.30. The number of phenols is 1. The molecule has 1 aliphatic heterocycles. The Morgan fingerprint density at radius 2 is 2.10 bits per heavy atom. The number of aromatic hydroxyl groups is 1. The number of benzene rings is 1. The summed E-state index contributed by atoms with van der Waals surface area (Å²) in [5.74, 6) is 0.146. The summed E-state index contributed by atoms with van der Waals surface area (Å²) in [5, 5.41) is 15.1. The largest absolute Gasteiger partial charge is 0.504 e. The second-order valence-corrected chi connectivity index (χ2v) is 4.56. The lowest BCUT2D eigenvalue weighted by molar-refractivity contribution is -0.114. The van der Waals surface area contributed by atoms with Crippen LogP contribution >= 0.6 is 0 Å². The first-order valence-electron chi connectivity index (χ1n) is 6.10. The van der Waals surface area contributed by atoms with E-state index in [9.17, 15) is 14.7 Å². The van der Waals surface area contributed by atoms with Crippen molar-refractivity contribution in [2.45, 2.75) is 19.9 Å². The number of hydrogen-bond acceptors (Lipinski definition) is 4. The number of amides is 2. The molecule has 0 bridgehead atoms. The topological polar surface area (TPSA) is 87.7 Å². The molecule has 2 amide bonds. The third-order valence-corrected chi connectivity index (χ3v) is 3.18. The van der Waals surface area contributed by atoms with Crippen molar-refractivity contribution in [1.29, 1.82) is 0 Å². The van der Waals surface area contributed by atoms with Gasteiger partial charge < -0.3 is 20.5 Å². The normalized spacial score (nSPS) is 18.4. The van der Waals surface area contributed by atoms with Crippen LogP contribution in [0.4, 0.5) is 4.79 Å². The second-order valence-electron chi connectivity index (χ2n) is 4.56. The van der Waals surface area contributed by atoms with Crippen LogP contribution in [0.5, 0.6) is 11.5 Å². The van der Waals surface area contributed by atoms with Crippen LogP contribution in [0.1, 0.15) is 25.5 Å². The van der Waals surface area contributed by atoms with E-state index in [1.807, 2.05) is 0 Å². The number of carbonyl (C=O) groups is 2. The molecule has 0 unspecified atom stereocenters. The number of hydrogen-bond donors (Lipinski definition) is 3. The van der Waals surface area contributed by atoms with Gasteiger partial charge in [0.1, 0.15) is 0 Å². The minimum atomic E-state index is -0.585. The summed E-state index contributed by atoms with van der Waals surface area (Å²) in [5.41, 5.74) is 1.60. The van der Waals surface area contributed by atoms with Crippen molar-refractivity contribution in [1.82, 2.24) is 10.6 Å². The van der Waals surface area contributed by atoms with Crippen LogP contribution in [0.25, 0.3) is 0 Å². The van der Waals surface area contributed by atoms with Gasteiger partial charge in [-0.2, -0.15) is 0 Å². The number of rotatable bonds is 3. The minimum Gasteiger partial charge on any atom is -0.504 e. The van der Waals surface area contributed by atoms with E-state index in [-0.39, 0.29) is 17.6 Å². The van der Waals surface area contributed by atoms with E-state index in [0.29, 0.717) is 22.6 Å². The van der Waals surface area contributed by atoms with E-state index in [1.165, 1.54) is 20.1 Å². The van der Waals surface area contributed by atoms with Crippen LogP contribution in [-0.4, -0.2) is 24.0 Å². The van der Waals surface area contributed by atoms with Gasteiger partial charge in [-0.3, -0.25) is 4.79 Å². The lowest BCUT2D eigenvalue weighted by Crippen LogP contribution is -2.44. The maximum absolute atomic E-state index is 11.8. The molecule has 6 nitrogen and oxygen atoms in total. The summed E-state index contributed by atoms with van der Waals surface area (Å²) in [6, 6.07) is 3.80. The van der Waals surface area contributed by atoms with Crippen molar-refractivity contribution in [3.8, 4) is 11.5 Å². The van der Waals surface area contributed by atoms with Gasteiger partial charge in [0.15, 0.2) is 17.3 Å². The van der Waals surface area contributed by atoms with Crippen LogP contribution in [0.3, 0.4) is 0 Å². The zero-order valence-corrected chi connectivity index (χ0v) is 11.5. The molecule has 0 aromatic heterocycles. The Morgan fingerprint density at radius 1 is 1.40 bits per heavy atom. The van der Waals surface area contributed by atoms with Gasteiger partial charge in [-0.15, -0.1) is 0 Å². The van der Waals surface area contributed by atoms with Crippen LogP contribution in [-0.2, 0) is 4.79 Å². The highest BCUT2D eigenvalue weighted by molar-refractivity contribution is 5.98. The molecule has 0 saturated carbocycles. The first kappa shape index (κ1) is 13.9. The molecule has 0 radical (unpaired) electrons. The van der Waals surface area contributed by atoms with Crippen LogP contribution in [0.2, 0.25) is 0 Å². The number of ether oxygens (including phenoxy) is 1. The summed E-state index contributed by atoms with van der Waals surface area (Å²) in [4.78, 5) is 23.3. The van der Waals surface area contributed by atoms with Crippen molar-refractivity contribution in [3.63, 3.8) is 0 Å². The number of Topliss-reactive ketones (excluding diaryl/α,β-unsaturated/α-hetero) is 1. The molecule has 0 aliphatic carbocycles. The van der Waals surface area contributed by atoms with Crippen molar-refractivity contribution in [3.05, 3.63) is 35.0 Å². The van der Waals surface area contributed by atoms with E-state index in [4.69, 9.17) is 4.74 Å². The van der Waals surface area contributed by atoms with Gasteiger partial charge in [0.25, 0.3) is 0 Å². The maximum atomic E-state index is 11.8. The summed E-state index contributed by atoms with van der Waals surface area (Å²) in [6.45, 7) is 3.11. The molecule has 1 heterocycles. The number of methoxy groups -OCH3 is 1. The molecule has 3 N–H and O–H groups in total. The molecule has 0 spiro atoms. The van der Waals surface area contributed by atoms with Crippen LogP contribution in [0.15, 0.2) is 29.5 Å². The Bertz CT molecular complexity index is 607. The van der Waals surface area contributed by atoms with E-state index in [2.05, 4.69) is 10.6 Å². The Balaban J connectivity index is 2.49. The second kappa shape index (κ2) is 5.24. The molecule has 2 rings (SSSR count). The zero-order valence-electron chi connectivity index (χ0n) is 11.5. The number of phenolic OH excluding ortho intramolecular Hbond substituents is 1. The highest BCUT2D eigenvalue weighted by Crippen LogP contribution is 2.33. The van der Waals surface area contributed by atoms with Crippen molar-refractivity contribution in [2.24, 2.45) is 0 Å². The molecule has 106 valence electrons. The molecule has 1 aliphatic rings. The molecular formula is C14H16N2O4. The molecule has 0 saturated heterocycles. The number of ketones is 1. The van der Waals surface area contributed by atoms with E-state index in [1.54, 1.807) is 19.1 Å². The Kier molecular flexibility index (Phi) is 3.65. The third-order valence-electron chi connectivity index (χ3n) is 3.18. The van der Waals surface area contributed by atoms with E-state index >= 15 is 0 Å². The van der Waals surface area contributed by atoms with Crippen LogP contribution in [0, 0.1) is 0 Å². The van der Waals surface area contributed by atoms with Gasteiger partial charge in [0.05, 0.1) is 13.2 Å². The number of allylic oxidation sites excluding steroid dienone is 1. The molecular weight excluding hydrogens is 260 g/mol. The summed E-state index contributed by atoms with van der Waals surface area (Å²) in [6.07, 6.45) is 0. The number of nitrogens with one attached hydrogen (secondary N) is 2. The van der Waals surface area contributed by atoms with Gasteiger partial charge >= 0.3 is 6.03 Å². The zero-order chi connectivity index (χ0) is 14.9. The SMILES string of the molecule is COc1ccc([C@@H]2NC(=O)NC(C)=C2C(C)=O)cc1O. The van der Waals surface area contributed by atoms with Gasteiger partial charge in [0, 0.05) is 11.3 Å². The lowest BCUT2D eigenvalue weighted by Gasteiger charge is -2.28. The molecule has 0 fully saturated rings. The molecule has 20 heavy (non-hydrogen) atoms. The van der Waals surface area contributed by atoms with Crippen molar-refractivity contribution < 1.29 is 19.4 Å². The quantitative estimate of drug-likeness (QED) is 0.782. The predicted octanol–water partition coefficient (Wildman–Crippen LogP) is 1.62. The third kappa shape index (κ3) is 2.45. The summed E-state index contributed by atoms with van der Waals surface area (Å²) < 4.78 is 4.98. The lowest BCUT2D eigenvalue weighted by atomic mass is 9.93. The Hall–Kier alpha value is -2.50. The molecule has 1 aromatic rings. The van der Waals surface area contributed by atoms with Gasteiger partial charge in [-0.05, 0) is 31.5 Å². The highest BCUT2D eigenvalue weighted by atomic mass is 16.5. The highest BCUT2D eigenvalue weighted by Gasteiger charge is 2.29. The molecule has 1 atom stereocenters. The van der Waals surface area contributed by atoms with Gasteiger partial charge in [-0.1, -0.05) is 6.07 Å². The number of carbonyl (C=O) groups excluding carboxylic acids is 2. The minimum absolute atomic E-state index is 0.0432. The first-order chi connectivity index (χ1) is 9.43. The molecule has 1 aromatic carbocycles. The first-order valence-corrected chi connectivity index (χ1v) is 6.10. The molecule has 6 heteroatoms. The van der Waals surface area contributed by atoms with Crippen molar-refractivity contribution >= 4 is 11.8 Å². The standard InChI is InChI=1S/C14H16N2O4/c1-7-12(8(2)17)13(16-14(19)15-7)9-4-5-11(20-3)10(18)6-9/h4-6,13,18H,1-3H3,(H2,15,16,19)/t13-/m0/s1.